The van der Waals surface area contributed by atoms with E-state index in [-0.39, 0.29) is 25.5 Å². The Labute approximate surface area is 114 Å². The zero-order valence-electron chi connectivity index (χ0n) is 9.65. The highest BCUT2D eigenvalue weighted by Gasteiger charge is 2.09. The normalized spacial score (nSPS) is 9.61. The van der Waals surface area contributed by atoms with Gasteiger partial charge in [0, 0.05) is 12.1 Å². The van der Waals surface area contributed by atoms with Gasteiger partial charge in [0.1, 0.15) is 5.75 Å². The third-order valence-corrected chi connectivity index (χ3v) is 2.75. The summed E-state index contributed by atoms with van der Waals surface area (Å²) in [6, 6.07) is 7.18. The van der Waals surface area contributed by atoms with Gasteiger partial charge in [-0.15, -0.1) is 0 Å². The van der Waals surface area contributed by atoms with Crippen molar-refractivity contribution in [1.82, 2.24) is 5.32 Å². The molecule has 0 aliphatic heterocycles. The van der Waals surface area contributed by atoms with Gasteiger partial charge in [0.05, 0.1) is 23.6 Å². The number of benzene rings is 1. The van der Waals surface area contributed by atoms with Gasteiger partial charge < -0.3 is 15.2 Å². The number of para-hydroxylation sites is 1. The maximum atomic E-state index is 11.4. The van der Waals surface area contributed by atoms with Gasteiger partial charge in [0.25, 0.3) is 5.91 Å². The predicted molar refractivity (Wildman–Crippen MR) is 68.8 cm³/mol. The van der Waals surface area contributed by atoms with Crippen molar-refractivity contribution in [2.75, 3.05) is 13.2 Å². The maximum Gasteiger partial charge on any atom is 0.257 e. The van der Waals surface area contributed by atoms with Crippen LogP contribution in [0, 0.1) is 11.3 Å². The molecule has 5 nitrogen and oxygen atoms in total. The van der Waals surface area contributed by atoms with E-state index >= 15 is 0 Å². The SMILES string of the molecule is N#CCCNC(=O)COc1c(Br)cccc1CO. The highest BCUT2D eigenvalue weighted by Crippen LogP contribution is 2.28. The van der Waals surface area contributed by atoms with Crippen LogP contribution >= 0.6 is 15.9 Å². The number of nitriles is 1. The molecule has 0 saturated carbocycles. The van der Waals surface area contributed by atoms with Crippen molar-refractivity contribution in [3.8, 4) is 11.8 Å². The Bertz CT molecular complexity index is 457. The first kappa shape index (κ1) is 14.5. The number of ether oxygens (including phenoxy) is 1. The second-order valence-corrected chi connectivity index (χ2v) is 4.29. The molecule has 0 unspecified atom stereocenters. The summed E-state index contributed by atoms with van der Waals surface area (Å²) in [5.41, 5.74) is 0.606. The van der Waals surface area contributed by atoms with E-state index in [1.165, 1.54) is 0 Å². The van der Waals surface area contributed by atoms with Crippen LogP contribution in [0.2, 0.25) is 0 Å². The Hall–Kier alpha value is -1.58. The molecular formula is C12H13BrN2O3. The number of carbonyl (C=O) groups is 1. The molecule has 0 heterocycles. The Morgan fingerprint density at radius 1 is 1.56 bits per heavy atom. The van der Waals surface area contributed by atoms with Crippen molar-refractivity contribution in [2.45, 2.75) is 13.0 Å². The minimum Gasteiger partial charge on any atom is -0.482 e. The standard InChI is InChI=1S/C12H13BrN2O3/c13-10-4-1-3-9(7-16)12(10)18-8-11(17)15-6-2-5-14/h1,3-4,16H,2,6-8H2,(H,15,17). The number of halogens is 1. The van der Waals surface area contributed by atoms with Gasteiger partial charge in [-0.2, -0.15) is 5.26 Å². The van der Waals surface area contributed by atoms with Gasteiger partial charge in [-0.25, -0.2) is 0 Å². The predicted octanol–water partition coefficient (Wildman–Crippen LogP) is 1.35. The van der Waals surface area contributed by atoms with E-state index < -0.39 is 0 Å². The van der Waals surface area contributed by atoms with Crippen molar-refractivity contribution in [1.29, 1.82) is 5.26 Å². The zero-order valence-corrected chi connectivity index (χ0v) is 11.2. The van der Waals surface area contributed by atoms with Gasteiger partial charge in [-0.1, -0.05) is 12.1 Å². The Morgan fingerprint density at radius 2 is 2.33 bits per heavy atom. The monoisotopic (exact) mass is 312 g/mol. The smallest absolute Gasteiger partial charge is 0.257 e. The molecule has 0 bridgehead atoms. The summed E-state index contributed by atoms with van der Waals surface area (Å²) in [5.74, 6) is 0.153. The largest absolute Gasteiger partial charge is 0.482 e. The Kier molecular flexibility index (Phi) is 6.19. The zero-order chi connectivity index (χ0) is 13.4. The molecule has 1 aromatic carbocycles. The summed E-state index contributed by atoms with van der Waals surface area (Å²) in [6.45, 7) is -0.00657. The molecular weight excluding hydrogens is 300 g/mol. The first-order chi connectivity index (χ1) is 8.69. The molecule has 6 heteroatoms. The quantitative estimate of drug-likeness (QED) is 0.777. The fourth-order valence-electron chi connectivity index (χ4n) is 1.29. The molecule has 0 spiro atoms. The number of aliphatic hydroxyl groups excluding tert-OH is 1. The average Bonchev–Trinajstić information content (AvgIpc) is 2.37. The van der Waals surface area contributed by atoms with E-state index in [1.54, 1.807) is 18.2 Å². The lowest BCUT2D eigenvalue weighted by molar-refractivity contribution is -0.123. The highest BCUT2D eigenvalue weighted by molar-refractivity contribution is 9.10. The van der Waals surface area contributed by atoms with Gasteiger partial charge >= 0.3 is 0 Å². The molecule has 96 valence electrons. The third-order valence-electron chi connectivity index (χ3n) is 2.13. The fourth-order valence-corrected chi connectivity index (χ4v) is 1.81. The van der Waals surface area contributed by atoms with E-state index in [4.69, 9.17) is 15.1 Å². The summed E-state index contributed by atoms with van der Waals surface area (Å²) in [6.07, 6.45) is 0.267. The Balaban J connectivity index is 2.53. The first-order valence-electron chi connectivity index (χ1n) is 5.33. The topological polar surface area (TPSA) is 82.4 Å². The van der Waals surface area contributed by atoms with E-state index in [0.29, 0.717) is 22.3 Å². The van der Waals surface area contributed by atoms with E-state index in [0.717, 1.165) is 0 Å². The summed E-state index contributed by atoms with van der Waals surface area (Å²) in [5, 5.41) is 20.0. The molecule has 0 fully saturated rings. The average molecular weight is 313 g/mol. The lowest BCUT2D eigenvalue weighted by atomic mass is 10.2. The van der Waals surface area contributed by atoms with Crippen molar-refractivity contribution < 1.29 is 14.6 Å². The molecule has 0 aliphatic rings. The fraction of sp³-hybridized carbons (Fsp3) is 0.333. The Morgan fingerprint density at radius 3 is 3.00 bits per heavy atom. The van der Waals surface area contributed by atoms with Crippen molar-refractivity contribution in [2.24, 2.45) is 0 Å². The van der Waals surface area contributed by atoms with E-state index in [9.17, 15) is 4.79 Å². The van der Waals surface area contributed by atoms with Gasteiger partial charge in [-0.3, -0.25) is 4.79 Å². The van der Waals surface area contributed by atoms with Gasteiger partial charge in [0.15, 0.2) is 6.61 Å². The van der Waals surface area contributed by atoms with Crippen LogP contribution in [0.1, 0.15) is 12.0 Å². The molecule has 1 rings (SSSR count). The van der Waals surface area contributed by atoms with Crippen LogP contribution in [0.5, 0.6) is 5.75 Å². The van der Waals surface area contributed by atoms with Crippen molar-refractivity contribution >= 4 is 21.8 Å². The second kappa shape index (κ2) is 7.69. The van der Waals surface area contributed by atoms with E-state index in [1.807, 2.05) is 6.07 Å². The molecule has 2 N–H and O–H groups in total. The molecule has 0 radical (unpaired) electrons. The van der Waals surface area contributed by atoms with Crippen LogP contribution in [0.4, 0.5) is 0 Å². The van der Waals surface area contributed by atoms with Crippen LogP contribution in [-0.2, 0) is 11.4 Å². The summed E-state index contributed by atoms with van der Waals surface area (Å²) >= 11 is 3.29. The second-order valence-electron chi connectivity index (χ2n) is 3.43. The summed E-state index contributed by atoms with van der Waals surface area (Å²) in [4.78, 5) is 11.4. The van der Waals surface area contributed by atoms with Gasteiger partial charge in [-0.05, 0) is 22.0 Å². The van der Waals surface area contributed by atoms with Crippen LogP contribution in [0.15, 0.2) is 22.7 Å². The van der Waals surface area contributed by atoms with Crippen LogP contribution in [-0.4, -0.2) is 24.2 Å². The minimum atomic E-state index is -0.301. The molecule has 0 aromatic heterocycles. The number of nitrogens with one attached hydrogen (secondary N) is 1. The summed E-state index contributed by atoms with van der Waals surface area (Å²) in [7, 11) is 0. The third kappa shape index (κ3) is 4.35. The number of aliphatic hydroxyl groups is 1. The number of hydrogen-bond acceptors (Lipinski definition) is 4. The summed E-state index contributed by atoms with van der Waals surface area (Å²) < 4.78 is 6.03. The molecule has 0 aliphatic carbocycles. The molecule has 1 aromatic rings. The first-order valence-corrected chi connectivity index (χ1v) is 6.13. The van der Waals surface area contributed by atoms with Crippen molar-refractivity contribution in [3.05, 3.63) is 28.2 Å². The van der Waals surface area contributed by atoms with Crippen molar-refractivity contribution in [3.63, 3.8) is 0 Å². The lowest BCUT2D eigenvalue weighted by Crippen LogP contribution is -2.29. The number of amides is 1. The lowest BCUT2D eigenvalue weighted by Gasteiger charge is -2.11. The highest BCUT2D eigenvalue weighted by atomic mass is 79.9. The minimum absolute atomic E-state index is 0.152. The number of hydrogen-bond donors (Lipinski definition) is 2. The number of rotatable bonds is 6. The number of nitrogens with zero attached hydrogens (tertiary/aromatic N) is 1. The maximum absolute atomic E-state index is 11.4. The van der Waals surface area contributed by atoms with Crippen LogP contribution < -0.4 is 10.1 Å². The molecule has 18 heavy (non-hydrogen) atoms. The molecule has 0 saturated heterocycles. The molecule has 0 atom stereocenters. The van der Waals surface area contributed by atoms with Gasteiger partial charge in [0.2, 0.25) is 0 Å². The number of carbonyl (C=O) groups excluding carboxylic acids is 1. The molecule has 1 amide bonds. The van der Waals surface area contributed by atoms with Crippen LogP contribution in [0.3, 0.4) is 0 Å². The van der Waals surface area contributed by atoms with E-state index in [2.05, 4.69) is 21.2 Å². The van der Waals surface area contributed by atoms with Crippen LogP contribution in [0.25, 0.3) is 0 Å².